The van der Waals surface area contributed by atoms with Crippen LogP contribution in [0.5, 0.6) is 11.5 Å². The predicted molar refractivity (Wildman–Crippen MR) is 253 cm³/mol. The third-order valence-corrected chi connectivity index (χ3v) is 13.7. The summed E-state index contributed by atoms with van der Waals surface area (Å²) < 4.78 is 7.33. The molecule has 11 aromatic carbocycles. The van der Waals surface area contributed by atoms with Crippen molar-refractivity contribution in [2.24, 2.45) is 0 Å². The van der Waals surface area contributed by atoms with E-state index in [2.05, 4.69) is 224 Å². The zero-order chi connectivity index (χ0) is 40.1. The normalized spacial score (nSPS) is 13.8. The lowest BCUT2D eigenvalue weighted by Gasteiger charge is -2.34. The van der Waals surface area contributed by atoms with E-state index in [0.29, 0.717) is 0 Å². The molecule has 0 amide bonds. The maximum absolute atomic E-state index is 7.33. The zero-order valence-electron chi connectivity index (χ0n) is 33.3. The van der Waals surface area contributed by atoms with Gasteiger partial charge in [-0.05, 0) is 88.5 Å². The number of benzene rings is 11. The standard InChI is InChI=1S/C60H38O/c1-3-17-41(18-4-1)60(42-19-5-2-6-20-42)53-30-16-15-25-47(53)48-36-35-40(37-54(48)60)38-31-33-39(34-32-38)55-56-49-26-11-7-21-43(49)45-23-9-13-28-51(45)58(56)61-59-52-29-14-10-24-46(52)44-22-8-12-27-50(44)57(55)59/h1-37,55H. The van der Waals surface area contributed by atoms with Crippen LogP contribution in [0.3, 0.4) is 0 Å². The smallest absolute Gasteiger partial charge is 0.140 e. The summed E-state index contributed by atoms with van der Waals surface area (Å²) in [7, 11) is 0. The quantitative estimate of drug-likeness (QED) is 0.162. The van der Waals surface area contributed by atoms with Crippen LogP contribution < -0.4 is 4.74 Å². The van der Waals surface area contributed by atoms with E-state index in [4.69, 9.17) is 4.74 Å². The van der Waals surface area contributed by atoms with E-state index in [1.807, 2.05) is 0 Å². The van der Waals surface area contributed by atoms with E-state index in [-0.39, 0.29) is 5.92 Å². The van der Waals surface area contributed by atoms with Gasteiger partial charge in [-0.25, -0.2) is 0 Å². The second-order valence-corrected chi connectivity index (χ2v) is 16.6. The molecule has 13 rings (SSSR count). The Morgan fingerprint density at radius 2 is 0.721 bits per heavy atom. The highest BCUT2D eigenvalue weighted by molar-refractivity contribution is 6.17. The number of ether oxygens (including phenoxy) is 1. The Morgan fingerprint density at radius 1 is 0.311 bits per heavy atom. The molecule has 0 N–H and O–H groups in total. The van der Waals surface area contributed by atoms with Crippen LogP contribution >= 0.6 is 0 Å². The zero-order valence-corrected chi connectivity index (χ0v) is 33.3. The van der Waals surface area contributed by atoms with Gasteiger partial charge in [0.25, 0.3) is 0 Å². The first-order chi connectivity index (χ1) is 30.3. The summed E-state index contributed by atoms with van der Waals surface area (Å²) in [5.41, 5.74) is 13.4. The Kier molecular flexibility index (Phi) is 7.35. The van der Waals surface area contributed by atoms with Crippen molar-refractivity contribution in [1.82, 2.24) is 0 Å². The molecule has 2 aliphatic rings. The molecule has 1 aliphatic carbocycles. The Balaban J connectivity index is 1.04. The molecule has 0 saturated carbocycles. The monoisotopic (exact) mass is 774 g/mol. The van der Waals surface area contributed by atoms with Gasteiger partial charge in [-0.15, -0.1) is 0 Å². The second kappa shape index (κ2) is 13.1. The molecule has 0 unspecified atom stereocenters. The summed E-state index contributed by atoms with van der Waals surface area (Å²) in [4.78, 5) is 0. The average Bonchev–Trinajstić information content (AvgIpc) is 3.64. The van der Waals surface area contributed by atoms with Crippen molar-refractivity contribution in [2.75, 3.05) is 0 Å². The van der Waals surface area contributed by atoms with Gasteiger partial charge in [0.1, 0.15) is 11.5 Å². The van der Waals surface area contributed by atoms with Crippen LogP contribution in [-0.4, -0.2) is 0 Å². The van der Waals surface area contributed by atoms with E-state index in [0.717, 1.165) is 22.3 Å². The van der Waals surface area contributed by atoms with Crippen molar-refractivity contribution < 1.29 is 4.74 Å². The maximum atomic E-state index is 7.33. The molecule has 0 atom stereocenters. The van der Waals surface area contributed by atoms with Crippen molar-refractivity contribution in [3.8, 4) is 33.8 Å². The summed E-state index contributed by atoms with van der Waals surface area (Å²) in [6.45, 7) is 0. The van der Waals surface area contributed by atoms with E-state index in [1.165, 1.54) is 93.5 Å². The molecule has 61 heavy (non-hydrogen) atoms. The largest absolute Gasteiger partial charge is 0.455 e. The van der Waals surface area contributed by atoms with Gasteiger partial charge in [0.2, 0.25) is 0 Å². The maximum Gasteiger partial charge on any atom is 0.140 e. The molecular formula is C60H38O. The lowest BCUT2D eigenvalue weighted by atomic mass is 9.67. The fraction of sp³-hybridized carbons (Fsp3) is 0.0333. The van der Waals surface area contributed by atoms with Gasteiger partial charge in [0.15, 0.2) is 0 Å². The van der Waals surface area contributed by atoms with Crippen LogP contribution in [0.2, 0.25) is 0 Å². The highest BCUT2D eigenvalue weighted by atomic mass is 16.5. The molecule has 11 aromatic rings. The molecule has 1 heteroatoms. The average molecular weight is 775 g/mol. The van der Waals surface area contributed by atoms with E-state index in [1.54, 1.807) is 0 Å². The second-order valence-electron chi connectivity index (χ2n) is 16.6. The molecular weight excluding hydrogens is 737 g/mol. The molecule has 0 spiro atoms. The fourth-order valence-corrected chi connectivity index (χ4v) is 11.1. The highest BCUT2D eigenvalue weighted by Crippen LogP contribution is 2.59. The summed E-state index contributed by atoms with van der Waals surface area (Å²) in [6.07, 6.45) is 0. The number of hydrogen-bond donors (Lipinski definition) is 0. The first-order valence-corrected chi connectivity index (χ1v) is 21.3. The van der Waals surface area contributed by atoms with Gasteiger partial charge < -0.3 is 4.74 Å². The van der Waals surface area contributed by atoms with Gasteiger partial charge in [-0.2, -0.15) is 0 Å². The number of rotatable bonds is 4. The number of hydrogen-bond acceptors (Lipinski definition) is 1. The SMILES string of the molecule is c1ccc(C2(c3ccccc3)c3ccccc3-c3ccc(-c4ccc(C5c6c(c7ccccc7c7ccccc67)Oc6c5c5ccccc5c5ccccc65)cc4)cc32)cc1. The predicted octanol–water partition coefficient (Wildman–Crippen LogP) is 15.6. The Morgan fingerprint density at radius 3 is 1.26 bits per heavy atom. The molecule has 1 aliphatic heterocycles. The Hall–Kier alpha value is -7.74. The summed E-state index contributed by atoms with van der Waals surface area (Å²) in [5.74, 6) is 1.83. The minimum absolute atomic E-state index is 0.0739. The van der Waals surface area contributed by atoms with Gasteiger partial charge >= 0.3 is 0 Å². The van der Waals surface area contributed by atoms with Crippen LogP contribution in [0.15, 0.2) is 224 Å². The molecule has 284 valence electrons. The Labute approximate surface area is 354 Å². The highest BCUT2D eigenvalue weighted by Gasteiger charge is 2.46. The van der Waals surface area contributed by atoms with Gasteiger partial charge in [0, 0.05) is 27.8 Å². The lowest BCUT2D eigenvalue weighted by Crippen LogP contribution is -2.28. The third-order valence-electron chi connectivity index (χ3n) is 13.7. The first kappa shape index (κ1) is 34.2. The molecule has 0 radical (unpaired) electrons. The van der Waals surface area contributed by atoms with Crippen molar-refractivity contribution in [3.05, 3.63) is 263 Å². The van der Waals surface area contributed by atoms with E-state index in [9.17, 15) is 0 Å². The topological polar surface area (TPSA) is 9.23 Å². The van der Waals surface area contributed by atoms with Crippen molar-refractivity contribution >= 4 is 43.1 Å². The Bertz CT molecular complexity index is 3380. The van der Waals surface area contributed by atoms with Crippen LogP contribution in [0.1, 0.15) is 44.9 Å². The third kappa shape index (κ3) is 4.78. The van der Waals surface area contributed by atoms with E-state index >= 15 is 0 Å². The molecule has 0 bridgehead atoms. The molecule has 1 nitrogen and oxygen atoms in total. The minimum atomic E-state index is -0.451. The molecule has 0 saturated heterocycles. The molecule has 0 aromatic heterocycles. The van der Waals surface area contributed by atoms with Crippen molar-refractivity contribution in [1.29, 1.82) is 0 Å². The van der Waals surface area contributed by atoms with Crippen LogP contribution in [-0.2, 0) is 5.41 Å². The van der Waals surface area contributed by atoms with Crippen LogP contribution in [0.4, 0.5) is 0 Å². The first-order valence-electron chi connectivity index (χ1n) is 21.3. The number of fused-ring (bicyclic) bond motifs is 15. The van der Waals surface area contributed by atoms with Crippen molar-refractivity contribution in [3.63, 3.8) is 0 Å². The summed E-state index contributed by atoms with van der Waals surface area (Å²) in [5, 5.41) is 9.64. The minimum Gasteiger partial charge on any atom is -0.455 e. The van der Waals surface area contributed by atoms with Gasteiger partial charge in [-0.1, -0.05) is 218 Å². The van der Waals surface area contributed by atoms with Gasteiger partial charge in [-0.3, -0.25) is 0 Å². The lowest BCUT2D eigenvalue weighted by molar-refractivity contribution is 0.467. The van der Waals surface area contributed by atoms with Gasteiger partial charge in [0.05, 0.1) is 5.41 Å². The van der Waals surface area contributed by atoms with E-state index < -0.39 is 5.41 Å². The fourth-order valence-electron chi connectivity index (χ4n) is 11.1. The summed E-state index contributed by atoms with van der Waals surface area (Å²) >= 11 is 0. The molecule has 1 heterocycles. The van der Waals surface area contributed by atoms with Crippen LogP contribution in [0, 0.1) is 0 Å². The van der Waals surface area contributed by atoms with Crippen LogP contribution in [0.25, 0.3) is 65.3 Å². The summed E-state index contributed by atoms with van der Waals surface area (Å²) in [6, 6.07) is 82.9. The van der Waals surface area contributed by atoms with Crippen molar-refractivity contribution in [2.45, 2.75) is 11.3 Å². The molecule has 0 fully saturated rings.